The monoisotopic (exact) mass is 686 g/mol. The molecule has 1 aliphatic rings. The van der Waals surface area contributed by atoms with E-state index in [1.54, 1.807) is 6.08 Å². The third-order valence-corrected chi connectivity index (χ3v) is 9.61. The number of aliphatic hydroxyl groups excluding tert-OH is 5. The second-order valence-electron chi connectivity index (χ2n) is 14.1. The van der Waals surface area contributed by atoms with Crippen molar-refractivity contribution < 1.29 is 39.8 Å². The molecule has 0 radical (unpaired) electrons. The molecule has 7 unspecified atom stereocenters. The largest absolute Gasteiger partial charge is 0.394 e. The van der Waals surface area contributed by atoms with E-state index in [-0.39, 0.29) is 12.5 Å². The summed E-state index contributed by atoms with van der Waals surface area (Å²) in [5, 5.41) is 53.8. The van der Waals surface area contributed by atoms with Crippen LogP contribution in [0.1, 0.15) is 174 Å². The first kappa shape index (κ1) is 45.0. The number of hydrogen-bond acceptors (Lipinski definition) is 8. The number of nitrogens with one attached hydrogen (secondary N) is 1. The lowest BCUT2D eigenvalue weighted by atomic mass is 9.99. The fourth-order valence-corrected chi connectivity index (χ4v) is 6.33. The van der Waals surface area contributed by atoms with Gasteiger partial charge in [0.15, 0.2) is 6.29 Å². The summed E-state index contributed by atoms with van der Waals surface area (Å²) in [7, 11) is 0. The number of hydrogen-bond donors (Lipinski definition) is 6. The first-order chi connectivity index (χ1) is 23.3. The van der Waals surface area contributed by atoms with Gasteiger partial charge in [0, 0.05) is 6.42 Å². The van der Waals surface area contributed by atoms with Crippen molar-refractivity contribution in [3.05, 3.63) is 12.2 Å². The molecule has 284 valence electrons. The van der Waals surface area contributed by atoms with Crippen LogP contribution < -0.4 is 5.32 Å². The molecule has 0 bridgehead atoms. The molecule has 1 saturated heterocycles. The van der Waals surface area contributed by atoms with Gasteiger partial charge in [0.25, 0.3) is 0 Å². The average Bonchev–Trinajstić information content (AvgIpc) is 3.08. The predicted octanol–water partition coefficient (Wildman–Crippen LogP) is 7.00. The van der Waals surface area contributed by atoms with Gasteiger partial charge in [0.2, 0.25) is 5.91 Å². The number of rotatable bonds is 32. The van der Waals surface area contributed by atoms with Crippen LogP contribution in [0, 0.1) is 0 Å². The normalized spacial score (nSPS) is 22.7. The summed E-state index contributed by atoms with van der Waals surface area (Å²) < 4.78 is 11.1. The average molecular weight is 686 g/mol. The van der Waals surface area contributed by atoms with Crippen molar-refractivity contribution >= 4 is 5.91 Å². The molecule has 0 aromatic rings. The summed E-state index contributed by atoms with van der Waals surface area (Å²) in [5.41, 5.74) is 0. The minimum absolute atomic E-state index is 0.182. The van der Waals surface area contributed by atoms with Gasteiger partial charge in [-0.2, -0.15) is 0 Å². The van der Waals surface area contributed by atoms with Gasteiger partial charge in [-0.15, -0.1) is 0 Å². The Morgan fingerprint density at radius 2 is 1.15 bits per heavy atom. The molecule has 0 spiro atoms. The zero-order valence-corrected chi connectivity index (χ0v) is 30.7. The van der Waals surface area contributed by atoms with Gasteiger partial charge in [-0.3, -0.25) is 4.79 Å². The summed E-state index contributed by atoms with van der Waals surface area (Å²) in [4.78, 5) is 12.8. The molecule has 9 heteroatoms. The number of amides is 1. The van der Waals surface area contributed by atoms with Crippen LogP contribution in [-0.4, -0.2) is 87.5 Å². The number of carbonyl (C=O) groups excluding carboxylic acids is 1. The highest BCUT2D eigenvalue weighted by atomic mass is 16.7. The molecule has 0 aromatic carbocycles. The van der Waals surface area contributed by atoms with Gasteiger partial charge in [-0.25, -0.2) is 0 Å². The van der Waals surface area contributed by atoms with Crippen LogP contribution in [0.15, 0.2) is 12.2 Å². The molecule has 1 rings (SSSR count). The van der Waals surface area contributed by atoms with Crippen LogP contribution in [0.3, 0.4) is 0 Å². The Balaban J connectivity index is 2.39. The van der Waals surface area contributed by atoms with Crippen LogP contribution in [0.5, 0.6) is 0 Å². The zero-order valence-electron chi connectivity index (χ0n) is 30.7. The van der Waals surface area contributed by atoms with E-state index in [0.717, 1.165) is 38.5 Å². The lowest BCUT2D eigenvalue weighted by molar-refractivity contribution is -0.302. The number of aliphatic hydroxyl groups is 5. The summed E-state index contributed by atoms with van der Waals surface area (Å²) in [6, 6.07) is -0.795. The molecule has 9 nitrogen and oxygen atoms in total. The van der Waals surface area contributed by atoms with Gasteiger partial charge in [0.05, 0.1) is 25.4 Å². The highest BCUT2D eigenvalue weighted by molar-refractivity contribution is 5.76. The third kappa shape index (κ3) is 21.9. The Kier molecular flexibility index (Phi) is 28.8. The van der Waals surface area contributed by atoms with Crippen LogP contribution in [-0.2, 0) is 14.3 Å². The van der Waals surface area contributed by atoms with E-state index >= 15 is 0 Å². The molecular formula is C39H75NO8. The van der Waals surface area contributed by atoms with E-state index in [2.05, 4.69) is 19.2 Å². The molecule has 1 heterocycles. The minimum atomic E-state index is -1.56. The molecule has 48 heavy (non-hydrogen) atoms. The zero-order chi connectivity index (χ0) is 35.2. The van der Waals surface area contributed by atoms with Crippen molar-refractivity contribution in [1.29, 1.82) is 0 Å². The first-order valence-corrected chi connectivity index (χ1v) is 19.9. The summed E-state index contributed by atoms with van der Waals surface area (Å²) in [5.74, 6) is -0.182. The molecule has 6 N–H and O–H groups in total. The lowest BCUT2D eigenvalue weighted by Crippen LogP contribution is -2.60. The van der Waals surface area contributed by atoms with Gasteiger partial charge in [-0.05, 0) is 19.3 Å². The van der Waals surface area contributed by atoms with E-state index < -0.39 is 49.5 Å². The Bertz CT molecular complexity index is 766. The molecule has 0 saturated carbocycles. The minimum Gasteiger partial charge on any atom is -0.394 e. The second kappa shape index (κ2) is 30.7. The van der Waals surface area contributed by atoms with Gasteiger partial charge in [0.1, 0.15) is 24.4 Å². The van der Waals surface area contributed by atoms with E-state index in [1.165, 1.54) is 116 Å². The van der Waals surface area contributed by atoms with E-state index in [1.807, 2.05) is 6.08 Å². The number of carbonyl (C=O) groups is 1. The second-order valence-corrected chi connectivity index (χ2v) is 14.1. The Morgan fingerprint density at radius 1 is 0.688 bits per heavy atom. The third-order valence-electron chi connectivity index (χ3n) is 9.61. The summed E-state index contributed by atoms with van der Waals surface area (Å²) in [6.07, 6.45) is 25.5. The van der Waals surface area contributed by atoms with Crippen molar-refractivity contribution in [3.63, 3.8) is 0 Å². The Labute approximate surface area is 293 Å². The molecule has 0 aliphatic carbocycles. The van der Waals surface area contributed by atoms with Crippen LogP contribution >= 0.6 is 0 Å². The molecule has 0 aromatic heterocycles. The van der Waals surface area contributed by atoms with Crippen LogP contribution in [0.2, 0.25) is 0 Å². The van der Waals surface area contributed by atoms with Crippen molar-refractivity contribution in [2.24, 2.45) is 0 Å². The first-order valence-electron chi connectivity index (χ1n) is 19.9. The number of allylic oxidation sites excluding steroid dienone is 1. The smallest absolute Gasteiger partial charge is 0.220 e. The van der Waals surface area contributed by atoms with E-state index in [0.29, 0.717) is 6.42 Å². The lowest BCUT2D eigenvalue weighted by Gasteiger charge is -2.40. The fourth-order valence-electron chi connectivity index (χ4n) is 6.33. The highest BCUT2D eigenvalue weighted by Crippen LogP contribution is 2.22. The van der Waals surface area contributed by atoms with Crippen LogP contribution in [0.25, 0.3) is 0 Å². The molecular weight excluding hydrogens is 610 g/mol. The van der Waals surface area contributed by atoms with Gasteiger partial charge < -0.3 is 40.3 Å². The van der Waals surface area contributed by atoms with Gasteiger partial charge in [-0.1, -0.05) is 161 Å². The SMILES string of the molecule is CCCCCCCCCCCCCCCCC/C=C/C(O)C(COC1OC(CO)C(O)C(O)C1O)NC(=O)CCCCCCCCCC. The fraction of sp³-hybridized carbons (Fsp3) is 0.923. The Morgan fingerprint density at radius 3 is 1.62 bits per heavy atom. The van der Waals surface area contributed by atoms with Crippen molar-refractivity contribution in [2.45, 2.75) is 217 Å². The maximum Gasteiger partial charge on any atom is 0.220 e. The molecule has 1 aliphatic heterocycles. The number of ether oxygens (including phenoxy) is 2. The van der Waals surface area contributed by atoms with Crippen molar-refractivity contribution in [2.75, 3.05) is 13.2 Å². The number of unbranched alkanes of at least 4 members (excludes halogenated alkanes) is 22. The maximum atomic E-state index is 12.8. The molecule has 1 fully saturated rings. The quantitative estimate of drug-likeness (QED) is 0.0328. The topological polar surface area (TPSA) is 149 Å². The predicted molar refractivity (Wildman–Crippen MR) is 194 cm³/mol. The Hall–Kier alpha value is -1.07. The molecule has 7 atom stereocenters. The van der Waals surface area contributed by atoms with Gasteiger partial charge >= 0.3 is 0 Å². The van der Waals surface area contributed by atoms with E-state index in [9.17, 15) is 30.3 Å². The maximum absolute atomic E-state index is 12.8. The van der Waals surface area contributed by atoms with Crippen LogP contribution in [0.4, 0.5) is 0 Å². The summed E-state index contributed by atoms with van der Waals surface area (Å²) >= 11 is 0. The standard InChI is InChI=1S/C39H75NO8/c1-3-5-7-9-11-13-14-15-16-17-18-19-20-21-22-24-26-28-33(42)32(40-35(43)29-27-25-23-12-10-8-6-4-2)31-47-39-38(46)37(45)36(44)34(30-41)48-39/h26,28,32-34,36-39,41-42,44-46H,3-25,27,29-31H2,1-2H3,(H,40,43)/b28-26+. The molecule has 1 amide bonds. The van der Waals surface area contributed by atoms with Crippen molar-refractivity contribution in [1.82, 2.24) is 5.32 Å². The van der Waals surface area contributed by atoms with E-state index in [4.69, 9.17) is 9.47 Å². The highest BCUT2D eigenvalue weighted by Gasteiger charge is 2.44. The summed E-state index contributed by atoms with van der Waals surface area (Å²) in [6.45, 7) is 3.72. The van der Waals surface area contributed by atoms with Crippen molar-refractivity contribution in [3.8, 4) is 0 Å².